The summed E-state index contributed by atoms with van der Waals surface area (Å²) in [4.78, 5) is 10.9. The van der Waals surface area contributed by atoms with Gasteiger partial charge >= 0.3 is 0 Å². The van der Waals surface area contributed by atoms with Crippen molar-refractivity contribution in [2.24, 2.45) is 0 Å². The minimum Gasteiger partial charge on any atom is -0.342 e. The third-order valence-electron chi connectivity index (χ3n) is 4.85. The maximum Gasteiger partial charge on any atom is 0.111 e. The van der Waals surface area contributed by atoms with Crippen LogP contribution < -0.4 is 0 Å². The normalized spacial score (nSPS) is 18.7. The third-order valence-corrected chi connectivity index (χ3v) is 4.85. The van der Waals surface area contributed by atoms with Crippen molar-refractivity contribution in [3.8, 4) is 0 Å². The lowest BCUT2D eigenvalue weighted by atomic mass is 10.1. The van der Waals surface area contributed by atoms with Gasteiger partial charge in [0, 0.05) is 12.5 Å². The quantitative estimate of drug-likeness (QED) is 0.773. The van der Waals surface area contributed by atoms with Gasteiger partial charge in [0.2, 0.25) is 0 Å². The first kappa shape index (κ1) is 14.5. The SMILES string of the molecule is c1ccc(CCCN2CCC(c3nc4ccccc4[nH]3)C2)cc1. The van der Waals surface area contributed by atoms with Crippen LogP contribution in [-0.4, -0.2) is 34.5 Å². The Balaban J connectivity index is 1.32. The fourth-order valence-corrected chi connectivity index (χ4v) is 3.58. The second-order valence-electron chi connectivity index (χ2n) is 6.51. The van der Waals surface area contributed by atoms with Gasteiger partial charge in [-0.25, -0.2) is 4.98 Å². The van der Waals surface area contributed by atoms with Crippen LogP contribution in [0, 0.1) is 0 Å². The molecular formula is C20H23N3. The lowest BCUT2D eigenvalue weighted by Crippen LogP contribution is -2.22. The van der Waals surface area contributed by atoms with E-state index < -0.39 is 0 Å². The highest BCUT2D eigenvalue weighted by molar-refractivity contribution is 5.74. The number of aromatic amines is 1. The van der Waals surface area contributed by atoms with E-state index in [0.29, 0.717) is 5.92 Å². The standard InChI is InChI=1S/C20H23N3/c1-2-7-16(8-3-1)9-6-13-23-14-12-17(15-23)20-21-18-10-4-5-11-19(18)22-20/h1-5,7-8,10-11,17H,6,9,12-15H2,(H,21,22). The Bertz CT molecular complexity index is 730. The molecule has 0 spiro atoms. The number of rotatable bonds is 5. The summed E-state index contributed by atoms with van der Waals surface area (Å²) < 4.78 is 0. The Morgan fingerprint density at radius 3 is 2.74 bits per heavy atom. The van der Waals surface area contributed by atoms with Crippen LogP contribution in [0.3, 0.4) is 0 Å². The predicted molar refractivity (Wildman–Crippen MR) is 94.7 cm³/mol. The summed E-state index contributed by atoms with van der Waals surface area (Å²) in [6.45, 7) is 3.51. The first-order valence-corrected chi connectivity index (χ1v) is 8.59. The minimum absolute atomic E-state index is 0.555. The molecule has 3 aromatic rings. The largest absolute Gasteiger partial charge is 0.342 e. The van der Waals surface area contributed by atoms with Gasteiger partial charge in [-0.3, -0.25) is 0 Å². The zero-order chi connectivity index (χ0) is 15.5. The van der Waals surface area contributed by atoms with E-state index in [1.165, 1.54) is 37.9 Å². The summed E-state index contributed by atoms with van der Waals surface area (Å²) in [5.74, 6) is 1.72. The molecule has 1 N–H and O–H groups in total. The van der Waals surface area contributed by atoms with Gasteiger partial charge in [-0.15, -0.1) is 0 Å². The van der Waals surface area contributed by atoms with Crippen molar-refractivity contribution in [1.29, 1.82) is 0 Å². The second-order valence-corrected chi connectivity index (χ2v) is 6.51. The fourth-order valence-electron chi connectivity index (χ4n) is 3.58. The number of H-pyrrole nitrogens is 1. The van der Waals surface area contributed by atoms with Crippen LogP contribution in [0.4, 0.5) is 0 Å². The number of benzene rings is 2. The third kappa shape index (κ3) is 3.30. The predicted octanol–water partition coefficient (Wildman–Crippen LogP) is 3.99. The number of likely N-dealkylation sites (tertiary alicyclic amines) is 1. The number of fused-ring (bicyclic) bond motifs is 1. The van der Waals surface area contributed by atoms with E-state index in [1.54, 1.807) is 0 Å². The van der Waals surface area contributed by atoms with Crippen LogP contribution in [0.15, 0.2) is 54.6 Å². The monoisotopic (exact) mass is 305 g/mol. The second kappa shape index (κ2) is 6.55. The number of aromatic nitrogens is 2. The summed E-state index contributed by atoms with van der Waals surface area (Å²) in [5.41, 5.74) is 3.69. The van der Waals surface area contributed by atoms with E-state index in [0.717, 1.165) is 23.4 Å². The number of hydrogen-bond acceptors (Lipinski definition) is 2. The molecule has 118 valence electrons. The Kier molecular flexibility index (Phi) is 4.12. The summed E-state index contributed by atoms with van der Waals surface area (Å²) in [6.07, 6.45) is 3.62. The molecule has 1 aliphatic rings. The first-order valence-electron chi connectivity index (χ1n) is 8.59. The van der Waals surface area contributed by atoms with Crippen molar-refractivity contribution >= 4 is 11.0 Å². The van der Waals surface area contributed by atoms with E-state index in [1.807, 2.05) is 0 Å². The van der Waals surface area contributed by atoms with Crippen LogP contribution in [0.25, 0.3) is 11.0 Å². The smallest absolute Gasteiger partial charge is 0.111 e. The Morgan fingerprint density at radius 1 is 1.04 bits per heavy atom. The maximum atomic E-state index is 4.77. The number of nitrogens with zero attached hydrogens (tertiary/aromatic N) is 2. The van der Waals surface area contributed by atoms with Crippen molar-refractivity contribution in [2.75, 3.05) is 19.6 Å². The van der Waals surface area contributed by atoms with Gasteiger partial charge in [0.1, 0.15) is 5.82 Å². The molecule has 3 nitrogen and oxygen atoms in total. The summed E-state index contributed by atoms with van der Waals surface area (Å²) in [5, 5.41) is 0. The van der Waals surface area contributed by atoms with Crippen LogP contribution in [0.5, 0.6) is 0 Å². The van der Waals surface area contributed by atoms with Gasteiger partial charge in [-0.05, 0) is 50.0 Å². The molecule has 1 unspecified atom stereocenters. The van der Waals surface area contributed by atoms with Crippen molar-refractivity contribution in [1.82, 2.24) is 14.9 Å². The molecular weight excluding hydrogens is 282 g/mol. The van der Waals surface area contributed by atoms with E-state index in [9.17, 15) is 0 Å². The van der Waals surface area contributed by atoms with E-state index in [-0.39, 0.29) is 0 Å². The van der Waals surface area contributed by atoms with Crippen molar-refractivity contribution in [2.45, 2.75) is 25.2 Å². The molecule has 1 saturated heterocycles. The first-order chi connectivity index (χ1) is 11.4. The maximum absolute atomic E-state index is 4.77. The highest BCUT2D eigenvalue weighted by Crippen LogP contribution is 2.27. The lowest BCUT2D eigenvalue weighted by Gasteiger charge is -2.15. The number of aryl methyl sites for hydroxylation is 1. The molecule has 3 heteroatoms. The van der Waals surface area contributed by atoms with E-state index >= 15 is 0 Å². The number of imidazole rings is 1. The van der Waals surface area contributed by atoms with Gasteiger partial charge in [-0.1, -0.05) is 42.5 Å². The zero-order valence-electron chi connectivity index (χ0n) is 13.4. The Labute approximate surface area is 137 Å². The van der Waals surface area contributed by atoms with Crippen molar-refractivity contribution in [3.63, 3.8) is 0 Å². The van der Waals surface area contributed by atoms with E-state index in [2.05, 4.69) is 64.5 Å². The summed E-state index contributed by atoms with van der Waals surface area (Å²) >= 11 is 0. The molecule has 0 amide bonds. The van der Waals surface area contributed by atoms with Crippen LogP contribution >= 0.6 is 0 Å². The van der Waals surface area contributed by atoms with Gasteiger partial charge in [0.25, 0.3) is 0 Å². The molecule has 1 fully saturated rings. The molecule has 2 heterocycles. The fraction of sp³-hybridized carbons (Fsp3) is 0.350. The lowest BCUT2D eigenvalue weighted by molar-refractivity contribution is 0.328. The summed E-state index contributed by atoms with van der Waals surface area (Å²) in [6, 6.07) is 19.1. The number of hydrogen-bond donors (Lipinski definition) is 1. The Morgan fingerprint density at radius 2 is 1.87 bits per heavy atom. The topological polar surface area (TPSA) is 31.9 Å². The molecule has 1 aliphatic heterocycles. The minimum atomic E-state index is 0.555. The molecule has 1 atom stereocenters. The van der Waals surface area contributed by atoms with Gasteiger partial charge < -0.3 is 9.88 Å². The van der Waals surface area contributed by atoms with Gasteiger partial charge in [-0.2, -0.15) is 0 Å². The zero-order valence-corrected chi connectivity index (χ0v) is 13.4. The van der Waals surface area contributed by atoms with Crippen LogP contribution in [0.2, 0.25) is 0 Å². The molecule has 1 aromatic heterocycles. The molecule has 2 aromatic carbocycles. The number of nitrogens with one attached hydrogen (secondary N) is 1. The van der Waals surface area contributed by atoms with Crippen molar-refractivity contribution in [3.05, 3.63) is 66.0 Å². The molecule has 0 saturated carbocycles. The van der Waals surface area contributed by atoms with E-state index in [4.69, 9.17) is 4.98 Å². The average molecular weight is 305 g/mol. The molecule has 0 radical (unpaired) electrons. The molecule has 0 aliphatic carbocycles. The molecule has 23 heavy (non-hydrogen) atoms. The Hall–Kier alpha value is -2.13. The van der Waals surface area contributed by atoms with Crippen molar-refractivity contribution < 1.29 is 0 Å². The van der Waals surface area contributed by atoms with Crippen LogP contribution in [0.1, 0.15) is 30.1 Å². The molecule has 0 bridgehead atoms. The van der Waals surface area contributed by atoms with Gasteiger partial charge in [0.15, 0.2) is 0 Å². The number of para-hydroxylation sites is 2. The van der Waals surface area contributed by atoms with Gasteiger partial charge in [0.05, 0.1) is 11.0 Å². The highest BCUT2D eigenvalue weighted by atomic mass is 15.2. The average Bonchev–Trinajstić information content (AvgIpc) is 3.22. The molecule has 4 rings (SSSR count). The summed E-state index contributed by atoms with van der Waals surface area (Å²) in [7, 11) is 0. The van der Waals surface area contributed by atoms with Crippen LogP contribution in [-0.2, 0) is 6.42 Å². The highest BCUT2D eigenvalue weighted by Gasteiger charge is 2.25.